The second kappa shape index (κ2) is 4.95. The molecule has 1 aromatic carbocycles. The molecule has 3 unspecified atom stereocenters. The van der Waals surface area contributed by atoms with Gasteiger partial charge in [-0.1, -0.05) is 44.2 Å². The quantitative estimate of drug-likeness (QED) is 0.582. The minimum atomic E-state index is 0.277. The van der Waals surface area contributed by atoms with Crippen LogP contribution in [0.2, 0.25) is 0 Å². The van der Waals surface area contributed by atoms with Gasteiger partial charge in [0.25, 0.3) is 0 Å². The summed E-state index contributed by atoms with van der Waals surface area (Å²) in [5.41, 5.74) is 1.61. The largest absolute Gasteiger partial charge is 0.376 e. The molecule has 102 valence electrons. The molecule has 1 aromatic rings. The van der Waals surface area contributed by atoms with Gasteiger partial charge in [0.1, 0.15) is 6.10 Å². The highest BCUT2D eigenvalue weighted by Gasteiger charge is 2.55. The summed E-state index contributed by atoms with van der Waals surface area (Å²) in [7, 11) is 0. The van der Waals surface area contributed by atoms with Crippen molar-refractivity contribution in [2.45, 2.75) is 45.8 Å². The molecule has 0 aromatic heterocycles. The molecule has 3 aliphatic rings. The predicted molar refractivity (Wildman–Crippen MR) is 74.5 cm³/mol. The van der Waals surface area contributed by atoms with E-state index in [9.17, 15) is 0 Å². The smallest absolute Gasteiger partial charge is 0.132 e. The van der Waals surface area contributed by atoms with Crippen molar-refractivity contribution in [2.75, 3.05) is 0 Å². The van der Waals surface area contributed by atoms with Crippen molar-refractivity contribution in [3.8, 4) is 0 Å². The molecule has 0 N–H and O–H groups in total. The standard InChI is InChI=1S/C16H22N2O/c1-16(2)13-8-9-15(14(16)10-13)19-18-17-11-12-6-4-3-5-7-12/h3-7,13-15H,8-11H2,1-2H3. The fraction of sp³-hybridized carbons (Fsp3) is 0.625. The Labute approximate surface area is 115 Å². The normalized spacial score (nSPS) is 32.0. The van der Waals surface area contributed by atoms with Gasteiger partial charge in [-0.25, -0.2) is 0 Å². The summed E-state index contributed by atoms with van der Waals surface area (Å²) in [5, 5.41) is 8.09. The van der Waals surface area contributed by atoms with Gasteiger partial charge in [-0.2, -0.15) is 0 Å². The van der Waals surface area contributed by atoms with Crippen LogP contribution in [0.25, 0.3) is 0 Å². The van der Waals surface area contributed by atoms with Crippen LogP contribution in [0.4, 0.5) is 0 Å². The number of fused-ring (bicyclic) bond motifs is 2. The molecular weight excluding hydrogens is 236 g/mol. The monoisotopic (exact) mass is 258 g/mol. The lowest BCUT2D eigenvalue weighted by Gasteiger charge is -2.58. The third-order valence-electron chi connectivity index (χ3n) is 5.13. The van der Waals surface area contributed by atoms with Crippen molar-refractivity contribution in [3.63, 3.8) is 0 Å². The second-order valence-corrected chi connectivity index (χ2v) is 6.45. The van der Waals surface area contributed by atoms with Gasteiger partial charge in [0.15, 0.2) is 0 Å². The molecular formula is C16H22N2O. The van der Waals surface area contributed by atoms with Crippen LogP contribution in [0, 0.1) is 17.3 Å². The maximum atomic E-state index is 5.65. The highest BCUT2D eigenvalue weighted by atomic mass is 16.7. The first-order valence-electron chi connectivity index (χ1n) is 7.24. The Hall–Kier alpha value is -1.38. The molecule has 2 bridgehead atoms. The van der Waals surface area contributed by atoms with E-state index in [0.29, 0.717) is 17.9 Å². The number of benzene rings is 1. The van der Waals surface area contributed by atoms with Crippen LogP contribution < -0.4 is 0 Å². The van der Waals surface area contributed by atoms with Crippen molar-refractivity contribution in [1.82, 2.24) is 0 Å². The molecule has 4 rings (SSSR count). The first-order chi connectivity index (χ1) is 9.18. The van der Waals surface area contributed by atoms with E-state index in [2.05, 4.69) is 36.4 Å². The van der Waals surface area contributed by atoms with Crippen LogP contribution in [-0.2, 0) is 11.4 Å². The summed E-state index contributed by atoms with van der Waals surface area (Å²) in [4.78, 5) is 5.65. The van der Waals surface area contributed by atoms with Crippen LogP contribution in [0.15, 0.2) is 40.7 Å². The van der Waals surface area contributed by atoms with Gasteiger partial charge in [0.2, 0.25) is 0 Å². The molecule has 0 radical (unpaired) electrons. The molecule has 3 fully saturated rings. The van der Waals surface area contributed by atoms with Crippen molar-refractivity contribution in [3.05, 3.63) is 35.9 Å². The summed E-state index contributed by atoms with van der Waals surface area (Å²) in [6, 6.07) is 10.2. The summed E-state index contributed by atoms with van der Waals surface area (Å²) in [5.74, 6) is 1.57. The Balaban J connectivity index is 1.50. The molecule has 3 nitrogen and oxygen atoms in total. The van der Waals surface area contributed by atoms with E-state index in [1.807, 2.05) is 18.2 Å². The Bertz CT molecular complexity index is 453. The van der Waals surface area contributed by atoms with Crippen molar-refractivity contribution in [1.29, 1.82) is 0 Å². The van der Waals surface area contributed by atoms with Crippen LogP contribution in [0.3, 0.4) is 0 Å². The third-order valence-corrected chi connectivity index (χ3v) is 5.13. The van der Waals surface area contributed by atoms with E-state index in [1.165, 1.54) is 18.4 Å². The van der Waals surface area contributed by atoms with Crippen LogP contribution >= 0.6 is 0 Å². The average molecular weight is 258 g/mol. The minimum Gasteiger partial charge on any atom is -0.376 e. The number of hydrogen-bond acceptors (Lipinski definition) is 3. The van der Waals surface area contributed by atoms with Gasteiger partial charge in [-0.05, 0) is 36.2 Å². The zero-order chi connectivity index (χ0) is 13.3. The van der Waals surface area contributed by atoms with E-state index in [0.717, 1.165) is 12.3 Å². The molecule has 19 heavy (non-hydrogen) atoms. The summed E-state index contributed by atoms with van der Waals surface area (Å²) < 4.78 is 0. The first kappa shape index (κ1) is 12.6. The SMILES string of the molecule is CC1(C)C2CCC(ON=NCc3ccccc3)C1C2. The first-order valence-corrected chi connectivity index (χ1v) is 7.24. The van der Waals surface area contributed by atoms with E-state index in [4.69, 9.17) is 4.84 Å². The molecule has 3 atom stereocenters. The average Bonchev–Trinajstić information content (AvgIpc) is 2.45. The van der Waals surface area contributed by atoms with E-state index >= 15 is 0 Å². The Morgan fingerprint density at radius 3 is 2.68 bits per heavy atom. The Morgan fingerprint density at radius 2 is 2.00 bits per heavy atom. The fourth-order valence-corrected chi connectivity index (χ4v) is 3.66. The van der Waals surface area contributed by atoms with Crippen LogP contribution in [-0.4, -0.2) is 6.10 Å². The molecule has 3 aliphatic carbocycles. The topological polar surface area (TPSA) is 34.0 Å². The number of rotatable bonds is 4. The Kier molecular flexibility index (Phi) is 3.29. The van der Waals surface area contributed by atoms with E-state index in [-0.39, 0.29) is 6.10 Å². The molecule has 0 aliphatic heterocycles. The maximum absolute atomic E-state index is 5.65. The lowest BCUT2D eigenvalue weighted by molar-refractivity contribution is -0.165. The molecule has 0 saturated heterocycles. The van der Waals surface area contributed by atoms with Crippen LogP contribution in [0.1, 0.15) is 38.7 Å². The lowest BCUT2D eigenvalue weighted by Crippen LogP contribution is -2.54. The van der Waals surface area contributed by atoms with Crippen LogP contribution in [0.5, 0.6) is 0 Å². The Morgan fingerprint density at radius 1 is 1.21 bits per heavy atom. The second-order valence-electron chi connectivity index (χ2n) is 6.45. The minimum absolute atomic E-state index is 0.277. The highest BCUT2D eigenvalue weighted by molar-refractivity contribution is 5.14. The zero-order valence-electron chi connectivity index (χ0n) is 11.7. The molecule has 0 amide bonds. The molecule has 0 spiro atoms. The van der Waals surface area contributed by atoms with Gasteiger partial charge in [0.05, 0.1) is 6.54 Å². The number of nitrogens with zero attached hydrogens (tertiary/aromatic N) is 2. The van der Waals surface area contributed by atoms with E-state index < -0.39 is 0 Å². The van der Waals surface area contributed by atoms with E-state index in [1.54, 1.807) is 0 Å². The highest BCUT2D eigenvalue weighted by Crippen LogP contribution is 2.59. The van der Waals surface area contributed by atoms with Gasteiger partial charge in [-0.3, -0.25) is 0 Å². The maximum Gasteiger partial charge on any atom is 0.132 e. The fourth-order valence-electron chi connectivity index (χ4n) is 3.66. The van der Waals surface area contributed by atoms with Gasteiger partial charge < -0.3 is 4.84 Å². The van der Waals surface area contributed by atoms with Gasteiger partial charge in [-0.15, -0.1) is 5.11 Å². The third kappa shape index (κ3) is 2.38. The van der Waals surface area contributed by atoms with Crippen molar-refractivity contribution in [2.24, 2.45) is 27.6 Å². The molecule has 3 heteroatoms. The van der Waals surface area contributed by atoms with Crippen molar-refractivity contribution >= 4 is 0 Å². The molecule has 0 heterocycles. The van der Waals surface area contributed by atoms with Gasteiger partial charge >= 0.3 is 0 Å². The zero-order valence-corrected chi connectivity index (χ0v) is 11.7. The molecule has 3 saturated carbocycles. The van der Waals surface area contributed by atoms with Gasteiger partial charge in [0, 0.05) is 11.2 Å². The number of hydrogen-bond donors (Lipinski definition) is 0. The predicted octanol–water partition coefficient (Wildman–Crippen LogP) is 4.40. The lowest BCUT2D eigenvalue weighted by atomic mass is 9.48. The van der Waals surface area contributed by atoms with Crippen molar-refractivity contribution < 1.29 is 4.84 Å². The summed E-state index contributed by atoms with van der Waals surface area (Å²) >= 11 is 0. The summed E-state index contributed by atoms with van der Waals surface area (Å²) in [6.45, 7) is 5.33. The summed E-state index contributed by atoms with van der Waals surface area (Å²) in [6.07, 6.45) is 4.01.